The predicted octanol–water partition coefficient (Wildman–Crippen LogP) is 5.72. The Kier molecular flexibility index (Phi) is 7.63. The third-order valence-corrected chi connectivity index (χ3v) is 7.91. The summed E-state index contributed by atoms with van der Waals surface area (Å²) in [5.41, 5.74) is 4.05. The molecule has 3 rings (SSSR count). The molecule has 2 atom stereocenters. The van der Waals surface area contributed by atoms with Crippen LogP contribution in [0.25, 0.3) is 0 Å². The van der Waals surface area contributed by atoms with Gasteiger partial charge in [0.15, 0.2) is 0 Å². The Morgan fingerprint density at radius 1 is 1.21 bits per heavy atom. The first-order valence-electron chi connectivity index (χ1n) is 9.95. The molecule has 1 aliphatic rings. The van der Waals surface area contributed by atoms with Gasteiger partial charge in [0.25, 0.3) is 0 Å². The smallest absolute Gasteiger partial charge is 0.0609 e. The lowest BCUT2D eigenvalue weighted by molar-refractivity contribution is 0.193. The molecular formula is C23H32N2OS2. The number of anilines is 1. The van der Waals surface area contributed by atoms with Gasteiger partial charge in [-0.25, -0.2) is 0 Å². The lowest BCUT2D eigenvalue weighted by atomic mass is 9.97. The van der Waals surface area contributed by atoms with Crippen molar-refractivity contribution in [2.45, 2.75) is 48.3 Å². The molecule has 1 N–H and O–H groups in total. The predicted molar refractivity (Wildman–Crippen MR) is 126 cm³/mol. The Morgan fingerprint density at radius 3 is 2.71 bits per heavy atom. The second kappa shape index (κ2) is 9.97. The fourth-order valence-corrected chi connectivity index (χ4v) is 6.56. The molecule has 0 amide bonds. The monoisotopic (exact) mass is 416 g/mol. The number of para-hydroxylation sites is 1. The number of benzene rings is 2. The van der Waals surface area contributed by atoms with E-state index < -0.39 is 0 Å². The first-order valence-corrected chi connectivity index (χ1v) is 12.1. The number of fused-ring (bicyclic) bond motifs is 2. The molecule has 1 aliphatic heterocycles. The molecule has 5 heteroatoms. The van der Waals surface area contributed by atoms with Gasteiger partial charge in [0.05, 0.1) is 11.7 Å². The third-order valence-electron chi connectivity index (χ3n) is 4.87. The van der Waals surface area contributed by atoms with Crippen molar-refractivity contribution in [3.05, 3.63) is 53.6 Å². The average Bonchev–Trinajstić information content (AvgIpc) is 2.78. The van der Waals surface area contributed by atoms with Crippen molar-refractivity contribution in [1.82, 2.24) is 5.32 Å². The van der Waals surface area contributed by atoms with Crippen molar-refractivity contribution in [2.24, 2.45) is 0 Å². The summed E-state index contributed by atoms with van der Waals surface area (Å²) in [6, 6.07) is 16.0. The maximum Gasteiger partial charge on any atom is 0.0609 e. The molecule has 3 nitrogen and oxygen atoms in total. The Bertz CT molecular complexity index is 835. The van der Waals surface area contributed by atoms with E-state index in [1.165, 1.54) is 26.6 Å². The molecule has 0 aliphatic carbocycles. The second-order valence-corrected chi connectivity index (χ2v) is 10.9. The molecule has 0 aromatic heterocycles. The van der Waals surface area contributed by atoms with E-state index in [0.29, 0.717) is 5.25 Å². The fourth-order valence-electron chi connectivity index (χ4n) is 3.69. The molecule has 0 saturated carbocycles. The summed E-state index contributed by atoms with van der Waals surface area (Å²) in [6.07, 6.45) is 1.01. The summed E-state index contributed by atoms with van der Waals surface area (Å²) in [4.78, 5) is 2.78. The van der Waals surface area contributed by atoms with Crippen LogP contribution in [0.1, 0.15) is 44.4 Å². The van der Waals surface area contributed by atoms with Gasteiger partial charge in [-0.15, -0.1) is 11.8 Å². The van der Waals surface area contributed by atoms with E-state index in [2.05, 4.69) is 85.3 Å². The topological polar surface area (TPSA) is 24.5 Å². The van der Waals surface area contributed by atoms with Crippen LogP contribution in [0, 0.1) is 0 Å². The van der Waals surface area contributed by atoms with Gasteiger partial charge in [-0.3, -0.25) is 0 Å². The van der Waals surface area contributed by atoms with Crippen LogP contribution in [-0.2, 0) is 4.74 Å². The maximum absolute atomic E-state index is 5.24. The summed E-state index contributed by atoms with van der Waals surface area (Å²) in [5.74, 6) is 0. The Morgan fingerprint density at radius 2 is 2.00 bits per heavy atom. The van der Waals surface area contributed by atoms with Crippen LogP contribution < -0.4 is 9.62 Å². The summed E-state index contributed by atoms with van der Waals surface area (Å²) in [6.45, 7) is 8.41. The van der Waals surface area contributed by atoms with Crippen molar-refractivity contribution < 1.29 is 4.74 Å². The molecule has 0 bridgehead atoms. The number of nitrogens with zero attached hydrogens (tertiary/aromatic N) is 1. The van der Waals surface area contributed by atoms with Gasteiger partial charge < -0.3 is 14.4 Å². The quantitative estimate of drug-likeness (QED) is 0.354. The van der Waals surface area contributed by atoms with E-state index in [0.717, 1.165) is 19.6 Å². The van der Waals surface area contributed by atoms with E-state index in [4.69, 9.17) is 4.74 Å². The highest BCUT2D eigenvalue weighted by Gasteiger charge is 2.27. The van der Waals surface area contributed by atoms with Crippen LogP contribution in [-0.4, -0.2) is 37.9 Å². The highest BCUT2D eigenvalue weighted by Crippen LogP contribution is 2.47. The number of rotatable bonds is 7. The molecule has 0 fully saturated rings. The van der Waals surface area contributed by atoms with Crippen LogP contribution in [0.4, 0.5) is 5.69 Å². The number of hydrogen-bond acceptors (Lipinski definition) is 4. The number of nitrogens with one attached hydrogen (secondary N) is 1. The minimum absolute atomic E-state index is 0.0745. The zero-order valence-corrected chi connectivity index (χ0v) is 19.2. The van der Waals surface area contributed by atoms with Gasteiger partial charge >= 0.3 is 0 Å². The number of methoxy groups -OCH3 is 1. The molecule has 0 saturated heterocycles. The van der Waals surface area contributed by atoms with Crippen LogP contribution in [0.15, 0.2) is 52.3 Å². The van der Waals surface area contributed by atoms with Crippen molar-refractivity contribution in [2.75, 3.05) is 31.6 Å². The van der Waals surface area contributed by atoms with Gasteiger partial charge in [0, 0.05) is 35.8 Å². The lowest BCUT2D eigenvalue weighted by Crippen LogP contribution is -2.25. The van der Waals surface area contributed by atoms with Crippen molar-refractivity contribution in [3.63, 3.8) is 0 Å². The minimum atomic E-state index is -0.0745. The molecule has 152 valence electrons. The zero-order chi connectivity index (χ0) is 20.1. The van der Waals surface area contributed by atoms with Gasteiger partial charge in [-0.1, -0.05) is 48.8 Å². The maximum atomic E-state index is 5.24. The van der Waals surface area contributed by atoms with Gasteiger partial charge in [-0.2, -0.15) is 0 Å². The van der Waals surface area contributed by atoms with E-state index in [1.807, 2.05) is 11.8 Å². The van der Waals surface area contributed by atoms with Crippen molar-refractivity contribution in [3.8, 4) is 0 Å². The van der Waals surface area contributed by atoms with Gasteiger partial charge in [0.2, 0.25) is 0 Å². The highest BCUT2D eigenvalue weighted by molar-refractivity contribution is 8.16. The van der Waals surface area contributed by atoms with Crippen LogP contribution in [0.3, 0.4) is 0 Å². The second-order valence-electron chi connectivity index (χ2n) is 7.21. The summed E-state index contributed by atoms with van der Waals surface area (Å²) in [5, 5.41) is 6.73. The molecule has 2 unspecified atom stereocenters. The first-order chi connectivity index (χ1) is 13.6. The van der Waals surface area contributed by atoms with E-state index in [1.54, 1.807) is 7.11 Å². The largest absolute Gasteiger partial charge is 0.385 e. The van der Waals surface area contributed by atoms with E-state index in [9.17, 15) is 0 Å². The molecule has 0 spiro atoms. The van der Waals surface area contributed by atoms with Crippen LogP contribution in [0.5, 0.6) is 0 Å². The Hall–Kier alpha value is -1.27. The number of hydrogen-bond donors (Lipinski definition) is 1. The van der Waals surface area contributed by atoms with Gasteiger partial charge in [-0.05, 0) is 54.6 Å². The number of thioether (sulfide) groups is 1. The van der Waals surface area contributed by atoms with Crippen molar-refractivity contribution >= 4 is 33.5 Å². The van der Waals surface area contributed by atoms with Crippen LogP contribution in [0.2, 0.25) is 0 Å². The molecular weight excluding hydrogens is 384 g/mol. The Balaban J connectivity index is 2.10. The molecule has 1 heterocycles. The summed E-state index contributed by atoms with van der Waals surface area (Å²) < 4.78 is 7.68. The number of ether oxygens (including phenoxy) is 1. The zero-order valence-electron chi connectivity index (χ0n) is 17.6. The molecule has 28 heavy (non-hydrogen) atoms. The SMILES string of the molecule is CC=S1c2cc(SC(C)C)ccc2C(NCCCOC)c2ccccc2N1C. The standard InChI is InChI=1S/C23H32N2OS2/c1-6-28-22-16-18(27-17(2)3)12-13-20(22)23(24-14-9-15-26-5)19-10-7-8-11-21(19)25(28)4/h6-8,10-13,16-17,23-24H,9,14-15H2,1-5H3. The lowest BCUT2D eigenvalue weighted by Gasteiger charge is -2.24. The molecule has 0 radical (unpaired) electrons. The van der Waals surface area contributed by atoms with E-state index in [-0.39, 0.29) is 16.7 Å². The highest BCUT2D eigenvalue weighted by atomic mass is 32.2. The normalized spacial score (nSPS) is 18.9. The average molecular weight is 417 g/mol. The molecule has 2 aromatic carbocycles. The molecule has 2 aromatic rings. The Labute approximate surface area is 176 Å². The summed E-state index contributed by atoms with van der Waals surface area (Å²) in [7, 11) is 3.91. The first kappa shape index (κ1) is 21.4. The van der Waals surface area contributed by atoms with Gasteiger partial charge in [0.1, 0.15) is 0 Å². The fraction of sp³-hybridized carbons (Fsp3) is 0.435. The van der Waals surface area contributed by atoms with Crippen LogP contribution >= 0.6 is 22.4 Å². The third kappa shape index (κ3) is 4.65. The van der Waals surface area contributed by atoms with E-state index >= 15 is 0 Å². The van der Waals surface area contributed by atoms with Crippen molar-refractivity contribution in [1.29, 1.82) is 0 Å². The minimum Gasteiger partial charge on any atom is -0.385 e. The summed E-state index contributed by atoms with van der Waals surface area (Å²) >= 11 is 1.94.